The fraction of sp³-hybridized carbons (Fsp3) is 0.545. The summed E-state index contributed by atoms with van der Waals surface area (Å²) in [6.07, 6.45) is 4.02. The standard InChI is InChI=1S/C11H15N5O2/c17-5-7-3-8(4-9(7)18)15-11-13-6-12-10-1-2-14-16(10)11/h1-2,6-9,17-18H,3-5H2,(H,12,13,15)/t7-,8-,9+/m1/s1. The highest BCUT2D eigenvalue weighted by Gasteiger charge is 2.32. The summed E-state index contributed by atoms with van der Waals surface area (Å²) in [7, 11) is 0. The Morgan fingerprint density at radius 1 is 1.39 bits per heavy atom. The summed E-state index contributed by atoms with van der Waals surface area (Å²) >= 11 is 0. The van der Waals surface area contributed by atoms with Gasteiger partial charge in [0, 0.05) is 24.6 Å². The van der Waals surface area contributed by atoms with Crippen molar-refractivity contribution >= 4 is 11.6 Å². The van der Waals surface area contributed by atoms with Crippen LogP contribution in [0.1, 0.15) is 12.8 Å². The second-order valence-corrected chi connectivity index (χ2v) is 4.62. The van der Waals surface area contributed by atoms with Gasteiger partial charge in [0.2, 0.25) is 5.95 Å². The Labute approximate surface area is 103 Å². The molecule has 2 aromatic heterocycles. The summed E-state index contributed by atoms with van der Waals surface area (Å²) in [6.45, 7) is 0.0142. The molecule has 7 heteroatoms. The Morgan fingerprint density at radius 2 is 2.28 bits per heavy atom. The summed E-state index contributed by atoms with van der Waals surface area (Å²) < 4.78 is 1.62. The summed E-state index contributed by atoms with van der Waals surface area (Å²) in [6, 6.07) is 1.90. The molecule has 0 bridgehead atoms. The Morgan fingerprint density at radius 3 is 3.06 bits per heavy atom. The number of aromatic nitrogens is 4. The summed E-state index contributed by atoms with van der Waals surface area (Å²) in [5.74, 6) is 0.554. The zero-order chi connectivity index (χ0) is 12.5. The van der Waals surface area contributed by atoms with Gasteiger partial charge >= 0.3 is 0 Å². The Hall–Kier alpha value is -1.73. The van der Waals surface area contributed by atoms with Crippen molar-refractivity contribution in [2.45, 2.75) is 25.0 Å². The Kier molecular flexibility index (Phi) is 2.85. The van der Waals surface area contributed by atoms with Crippen LogP contribution < -0.4 is 5.32 Å². The first-order valence-electron chi connectivity index (χ1n) is 5.98. The van der Waals surface area contributed by atoms with Gasteiger partial charge in [-0.25, -0.2) is 9.97 Å². The van der Waals surface area contributed by atoms with Gasteiger partial charge in [0.25, 0.3) is 0 Å². The molecular formula is C11H15N5O2. The van der Waals surface area contributed by atoms with Gasteiger partial charge in [-0.2, -0.15) is 9.61 Å². The zero-order valence-electron chi connectivity index (χ0n) is 9.77. The molecule has 1 saturated carbocycles. The molecule has 1 aliphatic rings. The second kappa shape index (κ2) is 4.51. The fourth-order valence-electron chi connectivity index (χ4n) is 2.45. The van der Waals surface area contributed by atoms with Crippen molar-refractivity contribution in [3.63, 3.8) is 0 Å². The van der Waals surface area contributed by atoms with Gasteiger partial charge in [-0.15, -0.1) is 0 Å². The maximum absolute atomic E-state index is 9.76. The number of anilines is 1. The molecule has 1 aliphatic carbocycles. The molecule has 2 heterocycles. The number of nitrogens with zero attached hydrogens (tertiary/aromatic N) is 4. The first-order chi connectivity index (χ1) is 8.78. The van der Waals surface area contributed by atoms with Crippen LogP contribution in [-0.2, 0) is 0 Å². The van der Waals surface area contributed by atoms with Gasteiger partial charge in [-0.05, 0) is 12.8 Å². The van der Waals surface area contributed by atoms with E-state index in [1.165, 1.54) is 6.33 Å². The van der Waals surface area contributed by atoms with Crippen molar-refractivity contribution in [1.29, 1.82) is 0 Å². The van der Waals surface area contributed by atoms with Gasteiger partial charge < -0.3 is 15.5 Å². The van der Waals surface area contributed by atoms with Gasteiger partial charge in [0.15, 0.2) is 5.65 Å². The average molecular weight is 249 g/mol. The summed E-state index contributed by atoms with van der Waals surface area (Å²) in [5, 5.41) is 26.3. The van der Waals surface area contributed by atoms with Crippen LogP contribution in [0.3, 0.4) is 0 Å². The van der Waals surface area contributed by atoms with Crippen LogP contribution in [0.15, 0.2) is 18.6 Å². The Balaban J connectivity index is 1.79. The molecule has 0 unspecified atom stereocenters. The number of hydrogen-bond acceptors (Lipinski definition) is 6. The maximum Gasteiger partial charge on any atom is 0.227 e. The molecule has 0 aliphatic heterocycles. The summed E-state index contributed by atoms with van der Waals surface area (Å²) in [5.41, 5.74) is 0.727. The lowest BCUT2D eigenvalue weighted by molar-refractivity contribution is 0.0908. The average Bonchev–Trinajstić information content (AvgIpc) is 2.96. The minimum absolute atomic E-state index is 0.0142. The van der Waals surface area contributed by atoms with E-state index < -0.39 is 6.10 Å². The van der Waals surface area contributed by atoms with Gasteiger partial charge in [-0.1, -0.05) is 0 Å². The van der Waals surface area contributed by atoms with E-state index in [9.17, 15) is 5.11 Å². The van der Waals surface area contributed by atoms with Crippen LogP contribution in [-0.4, -0.2) is 48.5 Å². The van der Waals surface area contributed by atoms with Crippen molar-refractivity contribution in [1.82, 2.24) is 19.6 Å². The van der Waals surface area contributed by atoms with E-state index in [2.05, 4.69) is 20.4 Å². The van der Waals surface area contributed by atoms with Crippen molar-refractivity contribution < 1.29 is 10.2 Å². The SMILES string of the molecule is OC[C@H]1C[C@@H](Nc2ncnc3ccnn23)C[C@@H]1O. The normalized spacial score (nSPS) is 27.8. The predicted octanol–water partition coefficient (Wildman–Crippen LogP) is -0.332. The van der Waals surface area contributed by atoms with Crippen molar-refractivity contribution in [2.24, 2.45) is 5.92 Å². The molecular weight excluding hydrogens is 234 g/mol. The van der Waals surface area contributed by atoms with Gasteiger partial charge in [0.1, 0.15) is 6.33 Å². The highest BCUT2D eigenvalue weighted by molar-refractivity contribution is 5.42. The molecule has 18 heavy (non-hydrogen) atoms. The van der Waals surface area contributed by atoms with E-state index in [1.807, 2.05) is 0 Å². The largest absolute Gasteiger partial charge is 0.396 e. The van der Waals surface area contributed by atoms with Crippen molar-refractivity contribution in [2.75, 3.05) is 11.9 Å². The molecule has 0 amide bonds. The maximum atomic E-state index is 9.76. The molecule has 0 spiro atoms. The predicted molar refractivity (Wildman–Crippen MR) is 64.0 cm³/mol. The third-order valence-corrected chi connectivity index (χ3v) is 3.42. The molecule has 1 fully saturated rings. The van der Waals surface area contributed by atoms with Crippen LogP contribution in [0.4, 0.5) is 5.95 Å². The number of rotatable bonds is 3. The number of aliphatic hydroxyl groups excluding tert-OH is 2. The second-order valence-electron chi connectivity index (χ2n) is 4.62. The minimum Gasteiger partial charge on any atom is -0.396 e. The topological polar surface area (TPSA) is 95.6 Å². The fourth-order valence-corrected chi connectivity index (χ4v) is 2.45. The number of aliphatic hydroxyl groups is 2. The number of hydrogen-bond donors (Lipinski definition) is 3. The lowest BCUT2D eigenvalue weighted by Gasteiger charge is -2.13. The van der Waals surface area contributed by atoms with E-state index >= 15 is 0 Å². The van der Waals surface area contributed by atoms with Crippen LogP contribution in [0.25, 0.3) is 5.65 Å². The molecule has 3 N–H and O–H groups in total. The first-order valence-corrected chi connectivity index (χ1v) is 5.98. The van der Waals surface area contributed by atoms with Crippen LogP contribution in [0.2, 0.25) is 0 Å². The molecule has 3 atom stereocenters. The third-order valence-electron chi connectivity index (χ3n) is 3.42. The molecule has 7 nitrogen and oxygen atoms in total. The molecule has 96 valence electrons. The van der Waals surface area contributed by atoms with Crippen LogP contribution >= 0.6 is 0 Å². The molecule has 3 rings (SSSR count). The molecule has 0 radical (unpaired) electrons. The molecule has 0 aromatic carbocycles. The quantitative estimate of drug-likeness (QED) is 0.689. The smallest absolute Gasteiger partial charge is 0.227 e. The van der Waals surface area contributed by atoms with E-state index in [0.29, 0.717) is 12.4 Å². The zero-order valence-corrected chi connectivity index (χ0v) is 9.77. The molecule has 2 aromatic rings. The molecule has 0 saturated heterocycles. The van der Waals surface area contributed by atoms with E-state index in [1.54, 1.807) is 16.8 Å². The lowest BCUT2D eigenvalue weighted by Crippen LogP contribution is -2.20. The van der Waals surface area contributed by atoms with Crippen molar-refractivity contribution in [3.8, 4) is 0 Å². The monoisotopic (exact) mass is 249 g/mol. The van der Waals surface area contributed by atoms with E-state index in [-0.39, 0.29) is 18.6 Å². The first kappa shape index (κ1) is 11.4. The summed E-state index contributed by atoms with van der Waals surface area (Å²) in [4.78, 5) is 8.24. The van der Waals surface area contributed by atoms with Crippen LogP contribution in [0.5, 0.6) is 0 Å². The number of fused-ring (bicyclic) bond motifs is 1. The highest BCUT2D eigenvalue weighted by atomic mass is 16.3. The van der Waals surface area contributed by atoms with Gasteiger partial charge in [-0.3, -0.25) is 0 Å². The van der Waals surface area contributed by atoms with E-state index in [4.69, 9.17) is 5.11 Å². The number of nitrogens with one attached hydrogen (secondary N) is 1. The van der Waals surface area contributed by atoms with E-state index in [0.717, 1.165) is 12.1 Å². The van der Waals surface area contributed by atoms with Crippen molar-refractivity contribution in [3.05, 3.63) is 18.6 Å². The Bertz CT molecular complexity index is 543. The minimum atomic E-state index is -0.456. The lowest BCUT2D eigenvalue weighted by atomic mass is 10.1. The van der Waals surface area contributed by atoms with Gasteiger partial charge in [0.05, 0.1) is 12.3 Å². The third kappa shape index (κ3) is 1.91. The van der Waals surface area contributed by atoms with Crippen LogP contribution in [0, 0.1) is 5.92 Å². The highest BCUT2D eigenvalue weighted by Crippen LogP contribution is 2.27.